The monoisotopic (exact) mass is 362 g/mol. The van der Waals surface area contributed by atoms with Gasteiger partial charge in [0.1, 0.15) is 10.6 Å². The minimum Gasteiger partial charge on any atom is -0.598 e. The van der Waals surface area contributed by atoms with E-state index in [1.807, 2.05) is 20.8 Å². The number of rotatable bonds is 6. The zero-order chi connectivity index (χ0) is 15.3. The lowest BCUT2D eigenvalue weighted by Gasteiger charge is -2.28. The van der Waals surface area contributed by atoms with Gasteiger partial charge in [0.2, 0.25) is 0 Å². The molecule has 6 heteroatoms. The Labute approximate surface area is 131 Å². The molecule has 0 aliphatic carbocycles. The van der Waals surface area contributed by atoms with Crippen LogP contribution in [0.4, 0.5) is 4.39 Å². The van der Waals surface area contributed by atoms with Gasteiger partial charge in [-0.1, -0.05) is 6.08 Å². The topological polar surface area (TPSA) is 48.0 Å². The van der Waals surface area contributed by atoms with Gasteiger partial charge in [-0.25, -0.2) is 4.39 Å². The van der Waals surface area contributed by atoms with Crippen LogP contribution in [0.5, 0.6) is 0 Å². The van der Waals surface area contributed by atoms with Crippen LogP contribution < -0.4 is 4.72 Å². The molecule has 0 aliphatic rings. The Morgan fingerprint density at radius 2 is 2.25 bits per heavy atom. The number of nitrogens with zero attached hydrogens (tertiary/aromatic N) is 1. The maximum absolute atomic E-state index is 13.1. The number of hydrogen-bond donors (Lipinski definition) is 1. The normalized spacial score (nSPS) is 14.9. The number of aromatic nitrogens is 1. The third kappa shape index (κ3) is 5.16. The van der Waals surface area contributed by atoms with Crippen LogP contribution in [0.2, 0.25) is 0 Å². The molecule has 1 rings (SSSR count). The lowest BCUT2D eigenvalue weighted by atomic mass is 10.1. The summed E-state index contributed by atoms with van der Waals surface area (Å²) in [6.07, 6.45) is 4.42. The maximum atomic E-state index is 13.1. The van der Waals surface area contributed by atoms with Crippen molar-refractivity contribution >= 4 is 27.3 Å². The molecule has 0 radical (unpaired) electrons. The molecule has 1 aromatic heterocycles. The number of allylic oxidation sites excluding steroid dienone is 1. The number of nitrogens with one attached hydrogen (secondary N) is 1. The molecular formula is C14H20BrFN2OS. The molecule has 112 valence electrons. The Balaban J connectivity index is 2.96. The molecular weight excluding hydrogens is 343 g/mol. The molecule has 0 fully saturated rings. The molecule has 1 aromatic rings. The number of halogens is 2. The van der Waals surface area contributed by atoms with E-state index in [4.69, 9.17) is 0 Å². The SMILES string of the molecule is C=CCC[C@@H](N[S@@+]([O-])C(C)(C)C)c1ncc(F)cc1Br. The molecule has 1 N–H and O–H groups in total. The van der Waals surface area contributed by atoms with Crippen LogP contribution in [-0.2, 0) is 11.4 Å². The van der Waals surface area contributed by atoms with Crippen LogP contribution in [0.25, 0.3) is 0 Å². The van der Waals surface area contributed by atoms with E-state index >= 15 is 0 Å². The first kappa shape index (κ1) is 17.6. The van der Waals surface area contributed by atoms with Gasteiger partial charge >= 0.3 is 0 Å². The van der Waals surface area contributed by atoms with Crippen LogP contribution in [-0.4, -0.2) is 14.3 Å². The van der Waals surface area contributed by atoms with Crippen molar-refractivity contribution in [2.24, 2.45) is 0 Å². The summed E-state index contributed by atoms with van der Waals surface area (Å²) in [7, 11) is 0. The minimum absolute atomic E-state index is 0.219. The van der Waals surface area contributed by atoms with E-state index in [-0.39, 0.29) is 10.8 Å². The highest BCUT2D eigenvalue weighted by Crippen LogP contribution is 2.28. The first-order valence-corrected chi connectivity index (χ1v) is 8.30. The van der Waals surface area contributed by atoms with Gasteiger partial charge in [-0.2, -0.15) is 0 Å². The second kappa shape index (κ2) is 7.54. The lowest BCUT2D eigenvalue weighted by molar-refractivity contribution is 0.506. The second-order valence-corrected chi connectivity index (χ2v) is 8.29. The Morgan fingerprint density at radius 1 is 1.60 bits per heavy atom. The lowest BCUT2D eigenvalue weighted by Crippen LogP contribution is -2.41. The zero-order valence-corrected chi connectivity index (χ0v) is 14.4. The first-order chi connectivity index (χ1) is 9.25. The summed E-state index contributed by atoms with van der Waals surface area (Å²) in [5.74, 6) is -0.403. The average Bonchev–Trinajstić information content (AvgIpc) is 2.33. The average molecular weight is 363 g/mol. The van der Waals surface area contributed by atoms with Gasteiger partial charge in [0, 0.05) is 15.8 Å². The molecule has 0 saturated carbocycles. The quantitative estimate of drug-likeness (QED) is 0.613. The number of pyridine rings is 1. The minimum atomic E-state index is -1.22. The largest absolute Gasteiger partial charge is 0.598 e. The fourth-order valence-electron chi connectivity index (χ4n) is 1.52. The summed E-state index contributed by atoms with van der Waals surface area (Å²) in [5, 5.41) is 0. The Morgan fingerprint density at radius 3 is 2.75 bits per heavy atom. The third-order valence-electron chi connectivity index (χ3n) is 2.63. The van der Waals surface area contributed by atoms with Gasteiger partial charge in [0.05, 0.1) is 17.9 Å². The molecule has 0 aromatic carbocycles. The molecule has 0 saturated heterocycles. The van der Waals surface area contributed by atoms with Gasteiger partial charge < -0.3 is 4.55 Å². The van der Waals surface area contributed by atoms with E-state index in [1.54, 1.807) is 6.08 Å². The van der Waals surface area contributed by atoms with Crippen LogP contribution in [0, 0.1) is 5.82 Å². The highest BCUT2D eigenvalue weighted by Gasteiger charge is 2.30. The van der Waals surface area contributed by atoms with Crippen molar-refractivity contribution in [3.8, 4) is 0 Å². The van der Waals surface area contributed by atoms with Crippen molar-refractivity contribution in [2.75, 3.05) is 0 Å². The molecule has 2 atom stereocenters. The second-order valence-electron chi connectivity index (χ2n) is 5.44. The van der Waals surface area contributed by atoms with E-state index < -0.39 is 17.2 Å². The maximum Gasteiger partial charge on any atom is 0.142 e. The first-order valence-electron chi connectivity index (χ1n) is 6.35. The molecule has 0 bridgehead atoms. The standard InChI is InChI=1S/C14H20BrFN2OS/c1-5-6-7-12(18-20(19)14(2,3)4)13-11(15)8-10(16)9-17-13/h5,8-9,12,18H,1,6-7H2,2-4H3/t12-,20+/m1/s1. The fraction of sp³-hybridized carbons (Fsp3) is 0.500. The van der Waals surface area contributed by atoms with Crippen LogP contribution in [0.3, 0.4) is 0 Å². The fourth-order valence-corrected chi connectivity index (χ4v) is 2.96. The van der Waals surface area contributed by atoms with E-state index in [2.05, 4.69) is 32.2 Å². The van der Waals surface area contributed by atoms with Crippen molar-refractivity contribution in [2.45, 2.75) is 44.4 Å². The summed E-state index contributed by atoms with van der Waals surface area (Å²) in [4.78, 5) is 4.11. The molecule has 0 spiro atoms. The van der Waals surface area contributed by atoms with Gasteiger partial charge in [-0.3, -0.25) is 4.98 Å². The van der Waals surface area contributed by atoms with Crippen molar-refractivity contribution < 1.29 is 8.94 Å². The Hall–Kier alpha value is -0.430. The summed E-state index contributed by atoms with van der Waals surface area (Å²) < 4.78 is 28.6. The van der Waals surface area contributed by atoms with E-state index in [9.17, 15) is 8.94 Å². The highest BCUT2D eigenvalue weighted by atomic mass is 79.9. The smallest absolute Gasteiger partial charge is 0.142 e. The molecule has 20 heavy (non-hydrogen) atoms. The Bertz CT molecular complexity index is 465. The predicted molar refractivity (Wildman–Crippen MR) is 85.1 cm³/mol. The molecule has 0 aliphatic heterocycles. The Kier molecular flexibility index (Phi) is 6.64. The van der Waals surface area contributed by atoms with E-state index in [0.29, 0.717) is 16.6 Å². The van der Waals surface area contributed by atoms with Crippen LogP contribution in [0.15, 0.2) is 29.4 Å². The van der Waals surface area contributed by atoms with Crippen LogP contribution >= 0.6 is 15.9 Å². The number of hydrogen-bond acceptors (Lipinski definition) is 3. The highest BCUT2D eigenvalue weighted by molar-refractivity contribution is 9.10. The van der Waals surface area contributed by atoms with Crippen molar-refractivity contribution in [3.05, 3.63) is 40.9 Å². The third-order valence-corrected chi connectivity index (χ3v) is 4.88. The summed E-state index contributed by atoms with van der Waals surface area (Å²) in [5.41, 5.74) is 0.658. The van der Waals surface area contributed by atoms with E-state index in [0.717, 1.165) is 6.42 Å². The van der Waals surface area contributed by atoms with Gasteiger partial charge in [-0.15, -0.1) is 11.3 Å². The van der Waals surface area contributed by atoms with Gasteiger partial charge in [0.15, 0.2) is 0 Å². The van der Waals surface area contributed by atoms with Crippen LogP contribution in [0.1, 0.15) is 45.3 Å². The molecule has 0 unspecified atom stereocenters. The van der Waals surface area contributed by atoms with E-state index in [1.165, 1.54) is 12.3 Å². The molecule has 3 nitrogen and oxygen atoms in total. The summed E-state index contributed by atoms with van der Waals surface area (Å²) >= 11 is 2.09. The predicted octanol–water partition coefficient (Wildman–Crippen LogP) is 4.04. The molecule has 1 heterocycles. The van der Waals surface area contributed by atoms with Crippen molar-refractivity contribution in [1.82, 2.24) is 9.71 Å². The van der Waals surface area contributed by atoms with Crippen molar-refractivity contribution in [3.63, 3.8) is 0 Å². The summed E-state index contributed by atoms with van der Waals surface area (Å²) in [6.45, 7) is 9.38. The molecule has 0 amide bonds. The zero-order valence-electron chi connectivity index (χ0n) is 12.0. The summed E-state index contributed by atoms with van der Waals surface area (Å²) in [6, 6.07) is 1.15. The van der Waals surface area contributed by atoms with Crippen molar-refractivity contribution in [1.29, 1.82) is 0 Å². The van der Waals surface area contributed by atoms with Gasteiger partial charge in [0.25, 0.3) is 0 Å². The van der Waals surface area contributed by atoms with Gasteiger partial charge in [-0.05, 0) is 55.6 Å².